The number of halogens is 1. The monoisotopic (exact) mass is 508 g/mol. The van der Waals surface area contributed by atoms with Crippen molar-refractivity contribution in [1.29, 1.82) is 0 Å². The van der Waals surface area contributed by atoms with Gasteiger partial charge in [-0.25, -0.2) is 4.98 Å². The molecule has 0 bridgehead atoms. The standard InChI is InChI=1S/C23H21ClN8O2S/c1-12(27-23-26-11-21(35-23)32-14(3)29-30-31-32)16-8-15-9-17(24)20(10-19(15)28-22(16)33)34-13(2)18-6-4-5-7-25-18/h4-13H,1-3H3,(H,26,27)(H,28,33)/t12-,13+/m0/s1. The molecular formula is C23H21ClN8O2S. The van der Waals surface area contributed by atoms with Gasteiger partial charge >= 0.3 is 0 Å². The summed E-state index contributed by atoms with van der Waals surface area (Å²) in [4.78, 5) is 24.6. The van der Waals surface area contributed by atoms with E-state index in [-0.39, 0.29) is 17.7 Å². The summed E-state index contributed by atoms with van der Waals surface area (Å²) in [7, 11) is 0. The second-order valence-corrected chi connectivity index (χ2v) is 9.36. The van der Waals surface area contributed by atoms with Gasteiger partial charge < -0.3 is 15.0 Å². The second-order valence-electron chi connectivity index (χ2n) is 7.95. The fourth-order valence-corrected chi connectivity index (χ4v) is 4.75. The predicted molar refractivity (Wildman–Crippen MR) is 134 cm³/mol. The van der Waals surface area contributed by atoms with Crippen LogP contribution in [0.15, 0.2) is 53.6 Å². The summed E-state index contributed by atoms with van der Waals surface area (Å²) in [6.45, 7) is 5.60. The highest BCUT2D eigenvalue weighted by molar-refractivity contribution is 7.17. The van der Waals surface area contributed by atoms with E-state index >= 15 is 0 Å². The van der Waals surface area contributed by atoms with E-state index in [0.29, 0.717) is 32.8 Å². The maximum Gasteiger partial charge on any atom is 0.253 e. The van der Waals surface area contributed by atoms with E-state index in [1.807, 2.05) is 45.0 Å². The van der Waals surface area contributed by atoms with E-state index in [4.69, 9.17) is 16.3 Å². The van der Waals surface area contributed by atoms with Gasteiger partial charge in [-0.3, -0.25) is 9.78 Å². The number of ether oxygens (including phenoxy) is 1. The summed E-state index contributed by atoms with van der Waals surface area (Å²) in [5, 5.41) is 17.4. The minimum absolute atomic E-state index is 0.211. The molecule has 0 aliphatic rings. The third-order valence-electron chi connectivity index (χ3n) is 5.47. The first-order chi connectivity index (χ1) is 16.9. The lowest BCUT2D eigenvalue weighted by Crippen LogP contribution is -2.19. The van der Waals surface area contributed by atoms with Gasteiger partial charge in [0.15, 0.2) is 11.0 Å². The van der Waals surface area contributed by atoms with Crippen molar-refractivity contribution < 1.29 is 4.74 Å². The molecule has 0 fully saturated rings. The SMILES string of the molecule is Cc1nnnn1-c1cnc(N[C@@H](C)c2cc3cc(Cl)c(O[C@H](C)c4ccccn4)cc3[nH]c2=O)s1. The quantitative estimate of drug-likeness (QED) is 0.326. The first-order valence-electron chi connectivity index (χ1n) is 10.8. The number of benzene rings is 1. The highest BCUT2D eigenvalue weighted by atomic mass is 35.5. The van der Waals surface area contributed by atoms with Gasteiger partial charge in [0.25, 0.3) is 5.56 Å². The summed E-state index contributed by atoms with van der Waals surface area (Å²) >= 11 is 7.91. The number of nitrogens with one attached hydrogen (secondary N) is 2. The van der Waals surface area contributed by atoms with Crippen molar-refractivity contribution in [1.82, 2.24) is 35.2 Å². The molecule has 0 saturated carbocycles. The molecule has 0 unspecified atom stereocenters. The first-order valence-corrected chi connectivity index (χ1v) is 12.0. The lowest BCUT2D eigenvalue weighted by Gasteiger charge is -2.17. The van der Waals surface area contributed by atoms with E-state index in [1.54, 1.807) is 29.2 Å². The van der Waals surface area contributed by atoms with Crippen LogP contribution in [0.4, 0.5) is 5.13 Å². The van der Waals surface area contributed by atoms with E-state index in [1.165, 1.54) is 11.3 Å². The number of rotatable bonds is 7. The van der Waals surface area contributed by atoms with Crippen molar-refractivity contribution in [3.8, 4) is 10.8 Å². The van der Waals surface area contributed by atoms with Crippen LogP contribution >= 0.6 is 22.9 Å². The van der Waals surface area contributed by atoms with Crippen molar-refractivity contribution >= 4 is 39.0 Å². The third kappa shape index (κ3) is 4.73. The van der Waals surface area contributed by atoms with Gasteiger partial charge in [0, 0.05) is 23.2 Å². The smallest absolute Gasteiger partial charge is 0.253 e. The first kappa shape index (κ1) is 22.9. The van der Waals surface area contributed by atoms with Gasteiger partial charge in [0.1, 0.15) is 16.9 Å². The number of hydrogen-bond donors (Lipinski definition) is 2. The van der Waals surface area contributed by atoms with Crippen LogP contribution in [0, 0.1) is 6.92 Å². The van der Waals surface area contributed by atoms with Crippen molar-refractivity contribution in [2.75, 3.05) is 5.32 Å². The molecule has 12 heteroatoms. The van der Waals surface area contributed by atoms with E-state index in [0.717, 1.165) is 16.1 Å². The normalized spacial score (nSPS) is 13.0. The van der Waals surface area contributed by atoms with Crippen LogP contribution in [0.3, 0.4) is 0 Å². The van der Waals surface area contributed by atoms with E-state index in [9.17, 15) is 4.79 Å². The molecule has 0 radical (unpaired) electrons. The van der Waals surface area contributed by atoms with Crippen LogP contribution < -0.4 is 15.6 Å². The minimum atomic E-state index is -0.309. The van der Waals surface area contributed by atoms with Crippen molar-refractivity contribution in [3.63, 3.8) is 0 Å². The summed E-state index contributed by atoms with van der Waals surface area (Å²) < 4.78 is 7.63. The molecule has 35 heavy (non-hydrogen) atoms. The van der Waals surface area contributed by atoms with Crippen LogP contribution in [-0.2, 0) is 0 Å². The lowest BCUT2D eigenvalue weighted by atomic mass is 10.1. The van der Waals surface area contributed by atoms with Gasteiger partial charge in [0.05, 0.1) is 28.5 Å². The molecule has 0 amide bonds. The Labute approximate surface area is 209 Å². The average Bonchev–Trinajstić information content (AvgIpc) is 3.48. The Kier molecular flexibility index (Phi) is 6.18. The van der Waals surface area contributed by atoms with Gasteiger partial charge in [-0.1, -0.05) is 29.0 Å². The Morgan fingerprint density at radius 2 is 2.06 bits per heavy atom. The van der Waals surface area contributed by atoms with Gasteiger partial charge in [0.2, 0.25) is 0 Å². The zero-order chi connectivity index (χ0) is 24.5. The molecule has 5 aromatic rings. The molecule has 1 aromatic carbocycles. The zero-order valence-electron chi connectivity index (χ0n) is 19.1. The molecule has 0 aliphatic carbocycles. The van der Waals surface area contributed by atoms with Crippen LogP contribution in [0.25, 0.3) is 15.9 Å². The van der Waals surface area contributed by atoms with Crippen LogP contribution in [0.5, 0.6) is 5.75 Å². The fraction of sp³-hybridized carbons (Fsp3) is 0.217. The van der Waals surface area contributed by atoms with Crippen molar-refractivity contribution in [3.05, 3.63) is 81.3 Å². The summed E-state index contributed by atoms with van der Waals surface area (Å²) in [6.07, 6.45) is 3.09. The molecule has 2 N–H and O–H groups in total. The molecule has 2 atom stereocenters. The molecule has 0 spiro atoms. The number of aromatic amines is 1. The van der Waals surface area contributed by atoms with Crippen molar-refractivity contribution in [2.24, 2.45) is 0 Å². The molecule has 4 aromatic heterocycles. The number of H-pyrrole nitrogens is 1. The van der Waals surface area contributed by atoms with Crippen LogP contribution in [-0.4, -0.2) is 35.2 Å². The van der Waals surface area contributed by atoms with Gasteiger partial charge in [-0.05, 0) is 55.5 Å². The molecule has 4 heterocycles. The Morgan fingerprint density at radius 3 is 2.80 bits per heavy atom. The summed E-state index contributed by atoms with van der Waals surface area (Å²) in [5.41, 5.74) is 1.76. The number of aromatic nitrogens is 7. The largest absolute Gasteiger partial charge is 0.483 e. The van der Waals surface area contributed by atoms with Crippen LogP contribution in [0.2, 0.25) is 5.02 Å². The number of aryl methyl sites for hydroxylation is 1. The molecule has 0 saturated heterocycles. The highest BCUT2D eigenvalue weighted by Gasteiger charge is 2.17. The number of anilines is 1. The number of pyridine rings is 2. The molecule has 10 nitrogen and oxygen atoms in total. The minimum Gasteiger partial charge on any atom is -0.483 e. The van der Waals surface area contributed by atoms with Gasteiger partial charge in [-0.15, -0.1) is 5.10 Å². The highest BCUT2D eigenvalue weighted by Crippen LogP contribution is 2.33. The summed E-state index contributed by atoms with van der Waals surface area (Å²) in [5.74, 6) is 1.13. The average molecular weight is 509 g/mol. The maximum absolute atomic E-state index is 12.9. The fourth-order valence-electron chi connectivity index (χ4n) is 3.63. The van der Waals surface area contributed by atoms with E-state index in [2.05, 4.69) is 35.8 Å². The maximum atomic E-state index is 12.9. The topological polar surface area (TPSA) is 124 Å². The number of nitrogens with zero attached hydrogens (tertiary/aromatic N) is 6. The van der Waals surface area contributed by atoms with Gasteiger partial charge in [-0.2, -0.15) is 4.68 Å². The Hall–Kier alpha value is -3.83. The number of fused-ring (bicyclic) bond motifs is 1. The third-order valence-corrected chi connectivity index (χ3v) is 6.67. The molecule has 5 rings (SSSR count). The molecule has 178 valence electrons. The number of hydrogen-bond acceptors (Lipinski definition) is 9. The Balaban J connectivity index is 1.38. The predicted octanol–water partition coefficient (Wildman–Crippen LogP) is 4.63. The zero-order valence-corrected chi connectivity index (χ0v) is 20.6. The van der Waals surface area contributed by atoms with E-state index < -0.39 is 0 Å². The Morgan fingerprint density at radius 1 is 1.20 bits per heavy atom. The van der Waals surface area contributed by atoms with Crippen LogP contribution in [0.1, 0.15) is 43.1 Å². The van der Waals surface area contributed by atoms with Crippen molar-refractivity contribution in [2.45, 2.75) is 32.9 Å². The lowest BCUT2D eigenvalue weighted by molar-refractivity contribution is 0.222. The molecule has 0 aliphatic heterocycles. The number of thiazole rings is 1. The second kappa shape index (κ2) is 9.43. The number of tetrazole rings is 1. The Bertz CT molecular complexity index is 1550. The summed E-state index contributed by atoms with van der Waals surface area (Å²) in [6, 6.07) is 10.7. The molecular weight excluding hydrogens is 488 g/mol.